The SMILES string of the molecule is CCN(C(=O)c1cc(F)ccc1Oc1cncnc1N1CC2(CCN(CC3CCC4(CC3)CC(COC)C(=O)N4)CC2)C1)C(C)C. The van der Waals surface area contributed by atoms with Gasteiger partial charge in [-0.05, 0) is 103 Å². The Morgan fingerprint density at radius 3 is 2.57 bits per heavy atom. The maximum Gasteiger partial charge on any atom is 0.257 e. The fourth-order valence-corrected chi connectivity index (χ4v) is 8.26. The predicted molar refractivity (Wildman–Crippen MR) is 173 cm³/mol. The number of carbonyl (C=O) groups excluding carboxylic acids is 2. The van der Waals surface area contributed by atoms with Crippen molar-refractivity contribution in [2.45, 2.75) is 77.3 Å². The van der Waals surface area contributed by atoms with Crippen LogP contribution in [0.5, 0.6) is 11.5 Å². The molecule has 2 spiro atoms. The zero-order chi connectivity index (χ0) is 32.5. The van der Waals surface area contributed by atoms with Gasteiger partial charge in [-0.15, -0.1) is 0 Å². The van der Waals surface area contributed by atoms with Crippen molar-refractivity contribution in [1.82, 2.24) is 25.1 Å². The average Bonchev–Trinajstić information content (AvgIpc) is 3.33. The van der Waals surface area contributed by atoms with E-state index in [0.29, 0.717) is 36.4 Å². The summed E-state index contributed by atoms with van der Waals surface area (Å²) in [4.78, 5) is 41.1. The Bertz CT molecular complexity index is 1400. The number of carbonyl (C=O) groups is 2. The third kappa shape index (κ3) is 6.72. The molecular formula is C35H49FN6O4. The van der Waals surface area contributed by atoms with Crippen molar-refractivity contribution >= 4 is 17.6 Å². The molecule has 2 amide bonds. The smallest absolute Gasteiger partial charge is 0.257 e. The highest BCUT2D eigenvalue weighted by Gasteiger charge is 2.48. The second-order valence-corrected chi connectivity index (χ2v) is 14.4. The third-order valence-corrected chi connectivity index (χ3v) is 10.9. The van der Waals surface area contributed by atoms with Gasteiger partial charge < -0.3 is 29.5 Å². The summed E-state index contributed by atoms with van der Waals surface area (Å²) in [5, 5.41) is 3.32. The van der Waals surface area contributed by atoms with Crippen molar-refractivity contribution in [3.8, 4) is 11.5 Å². The summed E-state index contributed by atoms with van der Waals surface area (Å²) in [6.45, 7) is 11.9. The van der Waals surface area contributed by atoms with Crippen LogP contribution in [0.4, 0.5) is 10.2 Å². The standard InChI is InChI=1S/C35H49FN6O4/c1-5-42(24(2)3)33(44)28-16-27(36)6-7-29(28)46-30-18-37-23-38-31(30)41-21-34(22-41)12-14-40(15-13-34)19-25-8-10-35(11-9-25)17-26(20-45-4)32(43)39-35/h6-7,16,18,23-26H,5,8-15,17,19-22H2,1-4H3,(H,39,43). The van der Waals surface area contributed by atoms with Crippen LogP contribution in [-0.2, 0) is 9.53 Å². The van der Waals surface area contributed by atoms with Crippen molar-refractivity contribution < 1.29 is 23.5 Å². The highest BCUT2D eigenvalue weighted by atomic mass is 19.1. The first-order valence-electron chi connectivity index (χ1n) is 17.0. The van der Waals surface area contributed by atoms with Crippen molar-refractivity contribution in [2.75, 3.05) is 57.9 Å². The van der Waals surface area contributed by atoms with Gasteiger partial charge in [0.05, 0.1) is 24.3 Å². The van der Waals surface area contributed by atoms with Gasteiger partial charge in [-0.2, -0.15) is 0 Å². The number of piperidine rings is 1. The molecule has 1 aliphatic carbocycles. The van der Waals surface area contributed by atoms with Crippen LogP contribution in [0.1, 0.15) is 76.1 Å². The van der Waals surface area contributed by atoms with E-state index in [0.717, 1.165) is 64.8 Å². The molecule has 1 saturated carbocycles. The number of halogens is 1. The third-order valence-electron chi connectivity index (χ3n) is 10.9. The molecule has 0 bridgehead atoms. The zero-order valence-corrected chi connectivity index (χ0v) is 27.8. The second-order valence-electron chi connectivity index (χ2n) is 14.4. The topological polar surface area (TPSA) is 100 Å². The summed E-state index contributed by atoms with van der Waals surface area (Å²) in [5.74, 6) is 1.55. The lowest BCUT2D eigenvalue weighted by atomic mass is 9.71. The Kier molecular flexibility index (Phi) is 9.53. The van der Waals surface area contributed by atoms with Crippen molar-refractivity contribution in [3.63, 3.8) is 0 Å². The highest BCUT2D eigenvalue weighted by Crippen LogP contribution is 2.46. The Labute approximate surface area is 272 Å². The summed E-state index contributed by atoms with van der Waals surface area (Å²) in [6, 6.07) is 4.03. The quantitative estimate of drug-likeness (QED) is 0.394. The molecule has 11 heteroatoms. The van der Waals surface area contributed by atoms with Gasteiger partial charge in [0.25, 0.3) is 5.91 Å². The number of aromatic nitrogens is 2. The van der Waals surface area contributed by atoms with E-state index in [1.54, 1.807) is 18.2 Å². The number of nitrogens with zero attached hydrogens (tertiary/aromatic N) is 5. The Morgan fingerprint density at radius 2 is 1.89 bits per heavy atom. The lowest BCUT2D eigenvalue weighted by Gasteiger charge is -2.55. The minimum Gasteiger partial charge on any atom is -0.451 e. The van der Waals surface area contributed by atoms with Crippen LogP contribution in [-0.4, -0.2) is 96.1 Å². The van der Waals surface area contributed by atoms with E-state index in [1.165, 1.54) is 37.4 Å². The molecule has 46 heavy (non-hydrogen) atoms. The van der Waals surface area contributed by atoms with Gasteiger partial charge in [-0.1, -0.05) is 0 Å². The lowest BCUT2D eigenvalue weighted by molar-refractivity contribution is -0.124. The van der Waals surface area contributed by atoms with Crippen LogP contribution in [0.3, 0.4) is 0 Å². The minimum absolute atomic E-state index is 0.00192. The molecule has 4 fully saturated rings. The van der Waals surface area contributed by atoms with Gasteiger partial charge in [0.15, 0.2) is 11.6 Å². The summed E-state index contributed by atoms with van der Waals surface area (Å²) < 4.78 is 25.8. The maximum absolute atomic E-state index is 14.3. The zero-order valence-electron chi connectivity index (χ0n) is 27.8. The molecule has 3 aliphatic heterocycles. The summed E-state index contributed by atoms with van der Waals surface area (Å²) in [7, 11) is 1.67. The predicted octanol–water partition coefficient (Wildman–Crippen LogP) is 4.89. The number of amides is 2. The number of hydrogen-bond donors (Lipinski definition) is 1. The summed E-state index contributed by atoms with van der Waals surface area (Å²) in [5.41, 5.74) is 0.434. The molecule has 3 saturated heterocycles. The molecule has 250 valence electrons. The van der Waals surface area contributed by atoms with Crippen LogP contribution < -0.4 is 15.0 Å². The Morgan fingerprint density at radius 1 is 1.15 bits per heavy atom. The Balaban J connectivity index is 1.02. The van der Waals surface area contributed by atoms with Crippen LogP contribution in [0.15, 0.2) is 30.7 Å². The summed E-state index contributed by atoms with van der Waals surface area (Å²) in [6.07, 6.45) is 10.8. The van der Waals surface area contributed by atoms with E-state index >= 15 is 0 Å². The second kappa shape index (κ2) is 13.4. The summed E-state index contributed by atoms with van der Waals surface area (Å²) >= 11 is 0. The molecule has 10 nitrogen and oxygen atoms in total. The van der Waals surface area contributed by atoms with E-state index in [1.807, 2.05) is 20.8 Å². The minimum atomic E-state index is -0.484. The van der Waals surface area contributed by atoms with Crippen LogP contribution in [0, 0.1) is 23.1 Å². The van der Waals surface area contributed by atoms with Gasteiger partial charge in [0, 0.05) is 50.3 Å². The van der Waals surface area contributed by atoms with E-state index in [2.05, 4.69) is 25.1 Å². The van der Waals surface area contributed by atoms with Gasteiger partial charge in [0.2, 0.25) is 5.91 Å². The van der Waals surface area contributed by atoms with Gasteiger partial charge in [-0.25, -0.2) is 14.4 Å². The molecule has 1 atom stereocenters. The monoisotopic (exact) mass is 636 g/mol. The molecule has 6 rings (SSSR count). The maximum atomic E-state index is 14.3. The van der Waals surface area contributed by atoms with Crippen molar-refractivity contribution in [2.24, 2.45) is 17.3 Å². The molecule has 4 aliphatic rings. The number of rotatable bonds is 10. The molecule has 1 aromatic carbocycles. The van der Waals surface area contributed by atoms with Gasteiger partial charge >= 0.3 is 0 Å². The van der Waals surface area contributed by atoms with E-state index < -0.39 is 5.82 Å². The number of likely N-dealkylation sites (tertiary alicyclic amines) is 1. The number of anilines is 1. The molecule has 1 unspecified atom stereocenters. The number of methoxy groups -OCH3 is 1. The van der Waals surface area contributed by atoms with Crippen molar-refractivity contribution in [1.29, 1.82) is 0 Å². The first-order chi connectivity index (χ1) is 22.1. The molecule has 0 radical (unpaired) electrons. The number of benzene rings is 1. The normalized spacial score (nSPS) is 26.0. The van der Waals surface area contributed by atoms with Crippen LogP contribution in [0.2, 0.25) is 0 Å². The number of hydrogen-bond acceptors (Lipinski definition) is 8. The fourth-order valence-electron chi connectivity index (χ4n) is 8.26. The largest absolute Gasteiger partial charge is 0.451 e. The highest BCUT2D eigenvalue weighted by molar-refractivity contribution is 5.97. The molecule has 4 heterocycles. The fraction of sp³-hybridized carbons (Fsp3) is 0.657. The molecule has 1 N–H and O–H groups in total. The van der Waals surface area contributed by atoms with Gasteiger partial charge in [0.1, 0.15) is 17.9 Å². The van der Waals surface area contributed by atoms with Gasteiger partial charge in [-0.3, -0.25) is 9.59 Å². The van der Waals surface area contributed by atoms with Crippen molar-refractivity contribution in [3.05, 3.63) is 42.1 Å². The Hall–Kier alpha value is -3.31. The first kappa shape index (κ1) is 32.6. The number of ether oxygens (including phenoxy) is 2. The first-order valence-corrected chi connectivity index (χ1v) is 17.0. The van der Waals surface area contributed by atoms with E-state index in [4.69, 9.17) is 9.47 Å². The molecule has 2 aromatic rings. The van der Waals surface area contributed by atoms with Crippen LogP contribution in [0.25, 0.3) is 0 Å². The van der Waals surface area contributed by atoms with E-state index in [-0.39, 0.29) is 40.3 Å². The molecular weight excluding hydrogens is 587 g/mol. The lowest BCUT2D eigenvalue weighted by Crippen LogP contribution is -2.61. The average molecular weight is 637 g/mol. The molecule has 1 aromatic heterocycles. The number of nitrogens with one attached hydrogen (secondary N) is 1. The van der Waals surface area contributed by atoms with E-state index in [9.17, 15) is 14.0 Å². The van der Waals surface area contributed by atoms with Crippen LogP contribution >= 0.6 is 0 Å².